The lowest BCUT2D eigenvalue weighted by Crippen LogP contribution is -2.46. The highest BCUT2D eigenvalue weighted by Crippen LogP contribution is 2.26. The minimum absolute atomic E-state index is 0.0815. The van der Waals surface area contributed by atoms with E-state index in [9.17, 15) is 9.59 Å². The Morgan fingerprint density at radius 1 is 1.32 bits per heavy atom. The largest absolute Gasteiger partial charge is 0.337 e. The van der Waals surface area contributed by atoms with Crippen molar-refractivity contribution >= 4 is 40.3 Å². The number of aromatic amines is 1. The highest BCUT2D eigenvalue weighted by Gasteiger charge is 2.27. The molecule has 4 rings (SSSR count). The lowest BCUT2D eigenvalue weighted by molar-refractivity contribution is -0.133. The number of fused-ring (bicyclic) bond motifs is 1. The van der Waals surface area contributed by atoms with E-state index in [0.717, 1.165) is 18.5 Å². The van der Waals surface area contributed by atoms with E-state index in [-0.39, 0.29) is 23.3 Å². The van der Waals surface area contributed by atoms with Gasteiger partial charge in [0.05, 0.1) is 17.6 Å². The molecule has 1 saturated carbocycles. The van der Waals surface area contributed by atoms with Gasteiger partial charge in [0.15, 0.2) is 10.8 Å². The summed E-state index contributed by atoms with van der Waals surface area (Å²) in [5.41, 5.74) is 0.881. The van der Waals surface area contributed by atoms with Gasteiger partial charge in [0.2, 0.25) is 5.91 Å². The molecule has 164 valence electrons. The molecule has 3 aromatic rings. The highest BCUT2D eigenvalue weighted by atomic mass is 35.5. The number of amides is 1. The molecule has 1 amide bonds. The fourth-order valence-electron chi connectivity index (χ4n) is 4.24. The van der Waals surface area contributed by atoms with Crippen LogP contribution in [0.1, 0.15) is 46.0 Å². The summed E-state index contributed by atoms with van der Waals surface area (Å²) < 4.78 is 1.59. The summed E-state index contributed by atoms with van der Waals surface area (Å²) >= 11 is 7.36. The number of carbonyl (C=O) groups is 1. The van der Waals surface area contributed by atoms with Crippen LogP contribution in [0, 0.1) is 0 Å². The third-order valence-electron chi connectivity index (χ3n) is 5.61. The third-order valence-corrected chi connectivity index (χ3v) is 6.71. The second-order valence-electron chi connectivity index (χ2n) is 8.12. The van der Waals surface area contributed by atoms with E-state index < -0.39 is 0 Å². The first-order valence-corrected chi connectivity index (χ1v) is 12.0. The molecule has 0 spiro atoms. The highest BCUT2D eigenvalue weighted by molar-refractivity contribution is 7.99. The number of nitrogens with zero attached hydrogens (tertiary/aromatic N) is 4. The summed E-state index contributed by atoms with van der Waals surface area (Å²) in [6.07, 6.45) is 7.21. The van der Waals surface area contributed by atoms with Gasteiger partial charge >= 0.3 is 0 Å². The van der Waals surface area contributed by atoms with Crippen molar-refractivity contribution in [3.8, 4) is 5.69 Å². The molecular weight excluding hydrogens is 434 g/mol. The molecular formula is C22H26ClN5O2S. The number of hydrogen-bond acceptors (Lipinski definition) is 5. The smallest absolute Gasteiger partial charge is 0.262 e. The van der Waals surface area contributed by atoms with Crippen LogP contribution >= 0.6 is 23.4 Å². The number of halogens is 1. The van der Waals surface area contributed by atoms with E-state index in [0.29, 0.717) is 27.3 Å². The van der Waals surface area contributed by atoms with Crippen molar-refractivity contribution in [2.45, 2.75) is 63.2 Å². The van der Waals surface area contributed by atoms with Crippen molar-refractivity contribution in [2.24, 2.45) is 0 Å². The molecule has 2 heterocycles. The average Bonchev–Trinajstić information content (AvgIpc) is 3.17. The number of thioether (sulfide) groups is 1. The van der Waals surface area contributed by atoms with Crippen LogP contribution < -0.4 is 5.56 Å². The van der Waals surface area contributed by atoms with Gasteiger partial charge in [-0.1, -0.05) is 48.7 Å². The second kappa shape index (κ2) is 9.44. The summed E-state index contributed by atoms with van der Waals surface area (Å²) in [5.74, 6) is 0.312. The fourth-order valence-corrected chi connectivity index (χ4v) is 5.15. The summed E-state index contributed by atoms with van der Waals surface area (Å²) in [6.45, 7) is 4.12. The monoisotopic (exact) mass is 459 g/mol. The van der Waals surface area contributed by atoms with E-state index in [2.05, 4.69) is 28.9 Å². The summed E-state index contributed by atoms with van der Waals surface area (Å²) in [6, 6.07) is 7.66. The maximum absolute atomic E-state index is 13.0. The minimum atomic E-state index is -0.277. The maximum Gasteiger partial charge on any atom is 0.262 e. The van der Waals surface area contributed by atoms with Crippen molar-refractivity contribution in [1.29, 1.82) is 0 Å². The zero-order valence-corrected chi connectivity index (χ0v) is 19.2. The Bertz CT molecular complexity index is 1140. The van der Waals surface area contributed by atoms with Crippen molar-refractivity contribution in [3.05, 3.63) is 45.8 Å². The molecule has 1 aromatic carbocycles. The van der Waals surface area contributed by atoms with Gasteiger partial charge in [-0.2, -0.15) is 5.10 Å². The van der Waals surface area contributed by atoms with E-state index in [1.165, 1.54) is 37.2 Å². The van der Waals surface area contributed by atoms with Gasteiger partial charge in [-0.25, -0.2) is 9.67 Å². The van der Waals surface area contributed by atoms with Gasteiger partial charge in [0.1, 0.15) is 5.39 Å². The van der Waals surface area contributed by atoms with Crippen LogP contribution in [0.4, 0.5) is 0 Å². The zero-order valence-electron chi connectivity index (χ0n) is 17.7. The predicted octanol–water partition coefficient (Wildman–Crippen LogP) is 4.42. The van der Waals surface area contributed by atoms with E-state index in [4.69, 9.17) is 11.6 Å². The summed E-state index contributed by atoms with van der Waals surface area (Å²) in [4.78, 5) is 35.0. The first-order valence-electron chi connectivity index (χ1n) is 10.6. The van der Waals surface area contributed by atoms with Gasteiger partial charge in [-0.3, -0.25) is 9.59 Å². The second-order valence-corrected chi connectivity index (χ2v) is 9.52. The quantitative estimate of drug-likeness (QED) is 0.435. The molecule has 1 aliphatic carbocycles. The Morgan fingerprint density at radius 2 is 2.10 bits per heavy atom. The van der Waals surface area contributed by atoms with E-state index in [1.807, 2.05) is 17.0 Å². The predicted molar refractivity (Wildman–Crippen MR) is 124 cm³/mol. The molecule has 1 fully saturated rings. The van der Waals surface area contributed by atoms with Crippen molar-refractivity contribution in [3.63, 3.8) is 0 Å². The average molecular weight is 460 g/mol. The van der Waals surface area contributed by atoms with Crippen LogP contribution in [0.15, 0.2) is 40.4 Å². The number of H-pyrrole nitrogens is 1. The molecule has 0 bridgehead atoms. The molecule has 31 heavy (non-hydrogen) atoms. The molecule has 0 unspecified atom stereocenters. The van der Waals surface area contributed by atoms with Gasteiger partial charge in [-0.05, 0) is 44.9 Å². The number of aromatic nitrogens is 4. The number of rotatable bonds is 6. The van der Waals surface area contributed by atoms with Gasteiger partial charge in [0.25, 0.3) is 5.56 Å². The van der Waals surface area contributed by atoms with Crippen molar-refractivity contribution in [1.82, 2.24) is 24.6 Å². The van der Waals surface area contributed by atoms with Crippen LogP contribution in [-0.2, 0) is 4.79 Å². The Kier molecular flexibility index (Phi) is 6.67. The Labute approximate surface area is 190 Å². The van der Waals surface area contributed by atoms with Gasteiger partial charge < -0.3 is 9.88 Å². The Hall–Kier alpha value is -2.32. The minimum Gasteiger partial charge on any atom is -0.337 e. The summed E-state index contributed by atoms with van der Waals surface area (Å²) in [7, 11) is 0. The number of nitrogens with one attached hydrogen (secondary N) is 1. The number of carbonyl (C=O) groups excluding carboxylic acids is 1. The zero-order chi connectivity index (χ0) is 22.0. The van der Waals surface area contributed by atoms with Crippen LogP contribution in [0.3, 0.4) is 0 Å². The van der Waals surface area contributed by atoms with E-state index in [1.54, 1.807) is 16.8 Å². The summed E-state index contributed by atoms with van der Waals surface area (Å²) in [5, 5.41) is 5.67. The molecule has 0 atom stereocenters. The normalized spacial score (nSPS) is 15.0. The van der Waals surface area contributed by atoms with Crippen molar-refractivity contribution in [2.75, 3.05) is 5.75 Å². The number of hydrogen-bond donors (Lipinski definition) is 1. The lowest BCUT2D eigenvalue weighted by atomic mass is 9.93. The molecule has 2 aromatic heterocycles. The van der Waals surface area contributed by atoms with Gasteiger partial charge in [-0.15, -0.1) is 0 Å². The molecule has 0 aliphatic heterocycles. The third kappa shape index (κ3) is 4.80. The fraction of sp³-hybridized carbons (Fsp3) is 0.455. The molecule has 1 N–H and O–H groups in total. The maximum atomic E-state index is 13.0. The van der Waals surface area contributed by atoms with E-state index >= 15 is 0 Å². The van der Waals surface area contributed by atoms with Gasteiger partial charge in [0, 0.05) is 17.1 Å². The molecule has 1 aliphatic rings. The molecule has 0 radical (unpaired) electrons. The first-order chi connectivity index (χ1) is 14.9. The first kappa shape index (κ1) is 21.9. The van der Waals surface area contributed by atoms with Crippen LogP contribution in [0.5, 0.6) is 0 Å². The Balaban J connectivity index is 1.56. The van der Waals surface area contributed by atoms with Crippen LogP contribution in [0.25, 0.3) is 16.7 Å². The van der Waals surface area contributed by atoms with Crippen LogP contribution in [-0.4, -0.2) is 48.4 Å². The molecule has 0 saturated heterocycles. The standard InChI is InChI=1S/C22H26ClN5O2S/c1-14(2)27(16-8-4-3-5-9-16)19(29)13-31-22-25-20-18(21(30)26-22)12-24-28(20)17-10-6-7-15(23)11-17/h6-7,10-12,14,16H,3-5,8-9,13H2,1-2H3,(H,25,26,30). The topological polar surface area (TPSA) is 83.9 Å². The van der Waals surface area contributed by atoms with Crippen molar-refractivity contribution < 1.29 is 4.79 Å². The number of benzene rings is 1. The molecule has 7 nitrogen and oxygen atoms in total. The molecule has 9 heteroatoms. The SMILES string of the molecule is CC(C)N(C(=O)CSc1nc2c(cnn2-c2cccc(Cl)c2)c(=O)[nH]1)C1CCCCC1. The lowest BCUT2D eigenvalue weighted by Gasteiger charge is -2.37. The van der Waals surface area contributed by atoms with Crippen LogP contribution in [0.2, 0.25) is 5.02 Å². The Morgan fingerprint density at radius 3 is 2.81 bits per heavy atom.